The number of rotatable bonds is 3. The Kier molecular flexibility index (Phi) is 4.54. The number of amides is 1. The number of aromatic nitrogens is 3. The van der Waals surface area contributed by atoms with Crippen LogP contribution in [0.2, 0.25) is 0 Å². The summed E-state index contributed by atoms with van der Waals surface area (Å²) in [7, 11) is 0. The number of benzene rings is 1. The predicted molar refractivity (Wildman–Crippen MR) is 106 cm³/mol. The third-order valence-electron chi connectivity index (χ3n) is 5.96. The van der Waals surface area contributed by atoms with Crippen molar-refractivity contribution in [1.82, 2.24) is 30.1 Å². The number of carbonyl (C=O) groups excluding carboxylic acids is 1. The van der Waals surface area contributed by atoms with Gasteiger partial charge in [0, 0.05) is 50.2 Å². The number of nitrogens with zero attached hydrogens (tertiary/aromatic N) is 4. The van der Waals surface area contributed by atoms with Crippen LogP contribution in [0.5, 0.6) is 0 Å². The first-order chi connectivity index (χ1) is 13.8. The normalized spacial score (nSPS) is 25.3. The van der Waals surface area contributed by atoms with E-state index in [1.54, 1.807) is 16.8 Å². The summed E-state index contributed by atoms with van der Waals surface area (Å²) in [5.41, 5.74) is 8.63. The molecule has 144 valence electrons. The van der Waals surface area contributed by atoms with Crippen molar-refractivity contribution in [2.45, 2.75) is 24.8 Å². The molecule has 0 radical (unpaired) electrons. The van der Waals surface area contributed by atoms with Crippen molar-refractivity contribution in [3.05, 3.63) is 66.2 Å². The average molecular weight is 376 g/mol. The molecule has 4 heterocycles. The zero-order valence-corrected chi connectivity index (χ0v) is 15.7. The van der Waals surface area contributed by atoms with Gasteiger partial charge < -0.3 is 4.90 Å². The lowest BCUT2D eigenvalue weighted by molar-refractivity contribution is 0.0639. The number of piperidine rings is 1. The number of imidazole rings is 1. The highest BCUT2D eigenvalue weighted by Crippen LogP contribution is 2.32. The molecule has 1 amide bonds. The van der Waals surface area contributed by atoms with E-state index in [0.717, 1.165) is 32.5 Å². The molecule has 7 heteroatoms. The van der Waals surface area contributed by atoms with Crippen molar-refractivity contribution in [2.24, 2.45) is 5.92 Å². The average Bonchev–Trinajstić information content (AvgIpc) is 3.41. The van der Waals surface area contributed by atoms with Gasteiger partial charge in [0.05, 0.1) is 0 Å². The van der Waals surface area contributed by atoms with Crippen LogP contribution in [-0.2, 0) is 0 Å². The van der Waals surface area contributed by atoms with E-state index < -0.39 is 0 Å². The van der Waals surface area contributed by atoms with Crippen LogP contribution >= 0.6 is 0 Å². The van der Waals surface area contributed by atoms with Gasteiger partial charge in [0.15, 0.2) is 0 Å². The fraction of sp³-hybridized carbons (Fsp3) is 0.381. The summed E-state index contributed by atoms with van der Waals surface area (Å²) < 4.78 is 1.79. The van der Waals surface area contributed by atoms with E-state index >= 15 is 0 Å². The first-order valence-electron chi connectivity index (χ1n) is 9.92. The second-order valence-electron chi connectivity index (χ2n) is 7.67. The largest absolute Gasteiger partial charge is 0.337 e. The van der Waals surface area contributed by atoms with Crippen LogP contribution in [-0.4, -0.2) is 50.9 Å². The number of fused-ring (bicyclic) bond motifs is 1. The van der Waals surface area contributed by atoms with Gasteiger partial charge in [-0.2, -0.15) is 0 Å². The van der Waals surface area contributed by atoms with Gasteiger partial charge >= 0.3 is 0 Å². The maximum absolute atomic E-state index is 13.1. The summed E-state index contributed by atoms with van der Waals surface area (Å²) in [5, 5.41) is 0. The van der Waals surface area contributed by atoms with E-state index in [1.807, 2.05) is 17.2 Å². The van der Waals surface area contributed by atoms with Crippen molar-refractivity contribution in [1.29, 1.82) is 0 Å². The number of hydrazine groups is 1. The van der Waals surface area contributed by atoms with Crippen molar-refractivity contribution in [3.8, 4) is 0 Å². The third-order valence-corrected chi connectivity index (χ3v) is 5.96. The standard InChI is InChI=1S/C21H24N6O/c28-20(18-14-27-11-5-9-22-21(27)24-18)26-10-4-8-16(13-26)19-17(12-23-25-19)15-6-2-1-3-7-15/h1-3,5-7,9,11,14,16-17,19,23,25H,4,8,10,12-13H2. The van der Waals surface area contributed by atoms with E-state index in [9.17, 15) is 4.79 Å². The van der Waals surface area contributed by atoms with E-state index in [4.69, 9.17) is 0 Å². The van der Waals surface area contributed by atoms with Crippen LogP contribution in [0.1, 0.15) is 34.8 Å². The van der Waals surface area contributed by atoms with Gasteiger partial charge in [-0.1, -0.05) is 30.3 Å². The zero-order valence-electron chi connectivity index (χ0n) is 15.7. The fourth-order valence-corrected chi connectivity index (χ4v) is 4.57. The molecule has 1 aromatic carbocycles. The minimum atomic E-state index is -0.00239. The van der Waals surface area contributed by atoms with Crippen molar-refractivity contribution in [3.63, 3.8) is 0 Å². The lowest BCUT2D eigenvalue weighted by atomic mass is 9.81. The van der Waals surface area contributed by atoms with Gasteiger partial charge in [-0.15, -0.1) is 0 Å². The minimum Gasteiger partial charge on any atom is -0.337 e. The molecule has 2 fully saturated rings. The SMILES string of the molecule is O=C(c1cn2cccnc2n1)N1CCCC(C2NNCC2c2ccccc2)C1. The molecule has 7 nitrogen and oxygen atoms in total. The summed E-state index contributed by atoms with van der Waals surface area (Å²) in [6.07, 6.45) is 7.47. The molecule has 2 aliphatic heterocycles. The second-order valence-corrected chi connectivity index (χ2v) is 7.67. The molecular weight excluding hydrogens is 352 g/mol. The van der Waals surface area contributed by atoms with Crippen molar-refractivity contribution >= 4 is 11.7 Å². The Bertz CT molecular complexity index is 938. The van der Waals surface area contributed by atoms with Crippen LogP contribution < -0.4 is 10.9 Å². The lowest BCUT2D eigenvalue weighted by Crippen LogP contribution is -2.48. The Labute approximate surface area is 163 Å². The molecule has 0 aliphatic carbocycles. The Morgan fingerprint density at radius 2 is 2.07 bits per heavy atom. The lowest BCUT2D eigenvalue weighted by Gasteiger charge is -2.37. The molecule has 2 N–H and O–H groups in total. The zero-order chi connectivity index (χ0) is 18.9. The molecular formula is C21H24N6O. The minimum absolute atomic E-state index is 0.00239. The van der Waals surface area contributed by atoms with Gasteiger partial charge in [-0.25, -0.2) is 9.97 Å². The highest BCUT2D eigenvalue weighted by Gasteiger charge is 2.37. The van der Waals surface area contributed by atoms with E-state index in [-0.39, 0.29) is 5.91 Å². The molecule has 0 spiro atoms. The molecule has 0 bridgehead atoms. The molecule has 0 saturated carbocycles. The quantitative estimate of drug-likeness (QED) is 0.730. The first kappa shape index (κ1) is 17.3. The van der Waals surface area contributed by atoms with E-state index in [1.165, 1.54) is 5.56 Å². The summed E-state index contributed by atoms with van der Waals surface area (Å²) in [6.45, 7) is 2.45. The van der Waals surface area contributed by atoms with E-state index in [2.05, 4.69) is 51.2 Å². The Balaban J connectivity index is 1.33. The first-order valence-corrected chi connectivity index (χ1v) is 9.92. The highest BCUT2D eigenvalue weighted by atomic mass is 16.2. The number of carbonyl (C=O) groups is 1. The maximum Gasteiger partial charge on any atom is 0.274 e. The van der Waals surface area contributed by atoms with Crippen LogP contribution in [0.3, 0.4) is 0 Å². The van der Waals surface area contributed by atoms with Gasteiger partial charge in [0.1, 0.15) is 5.69 Å². The molecule has 3 atom stereocenters. The van der Waals surface area contributed by atoms with Gasteiger partial charge in [0.2, 0.25) is 5.78 Å². The van der Waals surface area contributed by atoms with Crippen LogP contribution in [0.25, 0.3) is 5.78 Å². The fourth-order valence-electron chi connectivity index (χ4n) is 4.57. The monoisotopic (exact) mass is 376 g/mol. The van der Waals surface area contributed by atoms with Crippen LogP contribution in [0.4, 0.5) is 0 Å². The summed E-state index contributed by atoms with van der Waals surface area (Å²) >= 11 is 0. The predicted octanol–water partition coefficient (Wildman–Crippen LogP) is 1.84. The third kappa shape index (κ3) is 3.16. The summed E-state index contributed by atoms with van der Waals surface area (Å²) in [4.78, 5) is 23.6. The number of hydrogen-bond donors (Lipinski definition) is 2. The second kappa shape index (κ2) is 7.33. The van der Waals surface area contributed by atoms with Crippen LogP contribution in [0, 0.1) is 5.92 Å². The Morgan fingerprint density at radius 1 is 1.18 bits per heavy atom. The molecule has 2 aliphatic rings. The van der Waals surface area contributed by atoms with Crippen molar-refractivity contribution in [2.75, 3.05) is 19.6 Å². The number of nitrogens with one attached hydrogen (secondary N) is 2. The topological polar surface area (TPSA) is 74.6 Å². The maximum atomic E-state index is 13.1. The van der Waals surface area contributed by atoms with Gasteiger partial charge in [-0.05, 0) is 30.4 Å². The van der Waals surface area contributed by atoms with Gasteiger partial charge in [-0.3, -0.25) is 20.0 Å². The molecule has 3 unspecified atom stereocenters. The molecule has 28 heavy (non-hydrogen) atoms. The number of hydrogen-bond acceptors (Lipinski definition) is 5. The summed E-state index contributed by atoms with van der Waals surface area (Å²) in [6, 6.07) is 12.8. The Morgan fingerprint density at radius 3 is 2.93 bits per heavy atom. The molecule has 2 saturated heterocycles. The van der Waals surface area contributed by atoms with Crippen LogP contribution in [0.15, 0.2) is 55.0 Å². The molecule has 2 aromatic heterocycles. The number of likely N-dealkylation sites (tertiary alicyclic amines) is 1. The summed E-state index contributed by atoms with van der Waals surface area (Å²) in [5.74, 6) is 1.39. The molecule has 5 rings (SSSR count). The highest BCUT2D eigenvalue weighted by molar-refractivity contribution is 5.92. The van der Waals surface area contributed by atoms with Crippen molar-refractivity contribution < 1.29 is 4.79 Å². The van der Waals surface area contributed by atoms with E-state index in [0.29, 0.717) is 29.3 Å². The smallest absolute Gasteiger partial charge is 0.274 e. The Hall–Kier alpha value is -2.77. The van der Waals surface area contributed by atoms with Gasteiger partial charge in [0.25, 0.3) is 5.91 Å². The molecule has 3 aromatic rings.